The quantitative estimate of drug-likeness (QED) is 0.607. The Hall–Kier alpha value is -2.55. The molecule has 0 fully saturated rings. The maximum Gasteiger partial charge on any atom is 0.273 e. The molecule has 120 valence electrons. The van der Waals surface area contributed by atoms with Gasteiger partial charge in [-0.25, -0.2) is 4.98 Å². The number of nitrogens with one attached hydrogen (secondary N) is 3. The Kier molecular flexibility index (Phi) is 4.20. The van der Waals surface area contributed by atoms with E-state index in [4.69, 9.17) is 0 Å². The first-order valence-corrected chi connectivity index (χ1v) is 7.57. The Morgan fingerprint density at radius 2 is 2.39 bits per heavy atom. The molecule has 2 unspecified atom stereocenters. The van der Waals surface area contributed by atoms with Gasteiger partial charge in [0.25, 0.3) is 11.8 Å². The number of rotatable bonds is 4. The fourth-order valence-electron chi connectivity index (χ4n) is 2.39. The number of hydrogen-bond acceptors (Lipinski definition) is 6. The number of imidazole rings is 1. The van der Waals surface area contributed by atoms with Crippen LogP contribution < -0.4 is 15.5 Å². The molecule has 0 spiro atoms. The van der Waals surface area contributed by atoms with Crippen LogP contribution in [0.25, 0.3) is 0 Å². The number of anilines is 1. The zero-order valence-electron chi connectivity index (χ0n) is 12.4. The average Bonchev–Trinajstić information content (AvgIpc) is 3.02. The lowest BCUT2D eigenvalue weighted by Crippen LogP contribution is -2.54. The van der Waals surface area contributed by atoms with Gasteiger partial charge in [0, 0.05) is 25.0 Å². The molecule has 2 aromatic heterocycles. The van der Waals surface area contributed by atoms with Crippen molar-refractivity contribution in [1.29, 1.82) is 0 Å². The number of pyridine rings is 1. The molecule has 2 atom stereocenters. The molecule has 23 heavy (non-hydrogen) atoms. The van der Waals surface area contributed by atoms with Crippen LogP contribution in [0.1, 0.15) is 27.8 Å². The van der Waals surface area contributed by atoms with Crippen LogP contribution in [0.3, 0.4) is 0 Å². The Morgan fingerprint density at radius 1 is 1.57 bits per heavy atom. The van der Waals surface area contributed by atoms with E-state index >= 15 is 0 Å². The zero-order chi connectivity index (χ0) is 16.4. The van der Waals surface area contributed by atoms with Gasteiger partial charge in [-0.05, 0) is 19.1 Å². The van der Waals surface area contributed by atoms with Gasteiger partial charge in [0.2, 0.25) is 0 Å². The minimum atomic E-state index is -0.504. The third-order valence-corrected chi connectivity index (χ3v) is 3.85. The van der Waals surface area contributed by atoms with E-state index in [-0.39, 0.29) is 17.9 Å². The van der Waals surface area contributed by atoms with Gasteiger partial charge in [-0.1, -0.05) is 0 Å². The van der Waals surface area contributed by atoms with E-state index in [1.54, 1.807) is 18.3 Å². The Morgan fingerprint density at radius 3 is 3.13 bits per heavy atom. The predicted octanol–water partition coefficient (Wildman–Crippen LogP) is 0.386. The van der Waals surface area contributed by atoms with Crippen LogP contribution in [0, 0.1) is 0 Å². The van der Waals surface area contributed by atoms with E-state index in [0.717, 1.165) is 0 Å². The molecule has 0 radical (unpaired) electrons. The smallest absolute Gasteiger partial charge is 0.273 e. The Balaban J connectivity index is 1.68. The van der Waals surface area contributed by atoms with Crippen molar-refractivity contribution in [3.63, 3.8) is 0 Å². The number of thiol groups is 1. The summed E-state index contributed by atoms with van der Waals surface area (Å²) in [6.07, 6.45) is 4.58. The number of aromatic nitrogens is 3. The number of carbonyl (C=O) groups is 2. The van der Waals surface area contributed by atoms with Crippen molar-refractivity contribution in [2.75, 3.05) is 11.4 Å². The van der Waals surface area contributed by atoms with E-state index < -0.39 is 5.50 Å². The summed E-state index contributed by atoms with van der Waals surface area (Å²) in [7, 11) is 0. The molecule has 2 amide bonds. The summed E-state index contributed by atoms with van der Waals surface area (Å²) < 4.78 is 0. The summed E-state index contributed by atoms with van der Waals surface area (Å²) in [6, 6.07) is 3.22. The highest BCUT2D eigenvalue weighted by molar-refractivity contribution is 7.81. The first kappa shape index (κ1) is 15.3. The lowest BCUT2D eigenvalue weighted by Gasteiger charge is -2.35. The topological polar surface area (TPSA) is 103 Å². The number of amides is 2. The fourth-order valence-corrected chi connectivity index (χ4v) is 2.71. The van der Waals surface area contributed by atoms with Gasteiger partial charge >= 0.3 is 0 Å². The van der Waals surface area contributed by atoms with Crippen LogP contribution >= 0.6 is 12.6 Å². The highest BCUT2D eigenvalue weighted by Crippen LogP contribution is 2.23. The van der Waals surface area contributed by atoms with E-state index in [0.29, 0.717) is 23.6 Å². The minimum Gasteiger partial charge on any atom is -0.348 e. The molecule has 1 aliphatic heterocycles. The van der Waals surface area contributed by atoms with Crippen LogP contribution in [0.2, 0.25) is 0 Å². The van der Waals surface area contributed by atoms with E-state index in [1.807, 2.05) is 11.8 Å². The van der Waals surface area contributed by atoms with E-state index in [2.05, 4.69) is 38.2 Å². The molecule has 0 saturated carbocycles. The molecule has 3 heterocycles. The fraction of sp³-hybridized carbons (Fsp3) is 0.286. The summed E-state index contributed by atoms with van der Waals surface area (Å²) in [5, 5.41) is 5.61. The average molecular weight is 332 g/mol. The Bertz CT molecular complexity index is 719. The molecule has 0 bridgehead atoms. The summed E-state index contributed by atoms with van der Waals surface area (Å²) in [4.78, 5) is 36.7. The molecule has 1 aliphatic rings. The molecule has 9 heteroatoms. The maximum absolute atomic E-state index is 12.1. The molecular formula is C14H16N6O2S. The van der Waals surface area contributed by atoms with Crippen LogP contribution in [-0.2, 0) is 0 Å². The summed E-state index contributed by atoms with van der Waals surface area (Å²) in [5.41, 5.74) is 0.381. The number of fused-ring (bicyclic) bond motifs is 1. The second-order valence-corrected chi connectivity index (χ2v) is 5.71. The molecule has 2 aromatic rings. The van der Waals surface area contributed by atoms with Crippen molar-refractivity contribution in [3.8, 4) is 0 Å². The van der Waals surface area contributed by atoms with Crippen LogP contribution in [0.15, 0.2) is 30.9 Å². The van der Waals surface area contributed by atoms with Crippen LogP contribution in [-0.4, -0.2) is 44.9 Å². The number of aromatic amines is 1. The van der Waals surface area contributed by atoms with Crippen molar-refractivity contribution in [1.82, 2.24) is 25.6 Å². The van der Waals surface area contributed by atoms with Gasteiger partial charge in [0.05, 0.1) is 11.9 Å². The SMILES string of the molecule is CC(CN1c2nc[nH]c2C(=O)NC1S)NC(=O)c1cccnc1. The molecule has 0 aromatic carbocycles. The standard InChI is InChI=1S/C14H16N6O2S/c1-8(18-12(21)9-3-2-4-15-5-9)6-20-11-10(16-7-17-11)13(22)19-14(20)23/h2-5,7-8,14,23H,6H2,1H3,(H,16,17)(H,18,21)(H,19,22). The molecule has 3 rings (SSSR count). The highest BCUT2D eigenvalue weighted by atomic mass is 32.1. The molecule has 3 N–H and O–H groups in total. The number of nitrogens with zero attached hydrogens (tertiary/aromatic N) is 3. The van der Waals surface area contributed by atoms with Crippen molar-refractivity contribution in [2.24, 2.45) is 0 Å². The molecular weight excluding hydrogens is 316 g/mol. The predicted molar refractivity (Wildman–Crippen MR) is 87.3 cm³/mol. The van der Waals surface area contributed by atoms with Crippen molar-refractivity contribution >= 4 is 30.3 Å². The first-order chi connectivity index (χ1) is 11.1. The molecule has 8 nitrogen and oxygen atoms in total. The summed E-state index contributed by atoms with van der Waals surface area (Å²) >= 11 is 4.37. The van der Waals surface area contributed by atoms with Crippen molar-refractivity contribution in [2.45, 2.75) is 18.5 Å². The van der Waals surface area contributed by atoms with E-state index in [9.17, 15) is 9.59 Å². The van der Waals surface area contributed by atoms with Gasteiger partial charge < -0.3 is 20.5 Å². The van der Waals surface area contributed by atoms with Crippen molar-refractivity contribution in [3.05, 3.63) is 42.1 Å². The second-order valence-electron chi connectivity index (χ2n) is 5.22. The summed E-state index contributed by atoms with van der Waals surface area (Å²) in [5.74, 6) is 0.0710. The normalized spacial score (nSPS) is 18.1. The zero-order valence-corrected chi connectivity index (χ0v) is 13.2. The molecule has 0 saturated heterocycles. The highest BCUT2D eigenvalue weighted by Gasteiger charge is 2.32. The van der Waals surface area contributed by atoms with Crippen LogP contribution in [0.4, 0.5) is 5.82 Å². The number of carbonyl (C=O) groups excluding carboxylic acids is 2. The lowest BCUT2D eigenvalue weighted by atomic mass is 10.2. The Labute approximate surface area is 138 Å². The summed E-state index contributed by atoms with van der Waals surface area (Å²) in [6.45, 7) is 2.32. The van der Waals surface area contributed by atoms with Crippen LogP contribution in [0.5, 0.6) is 0 Å². The third-order valence-electron chi connectivity index (χ3n) is 3.45. The minimum absolute atomic E-state index is 0.183. The number of H-pyrrole nitrogens is 1. The second kappa shape index (κ2) is 6.29. The van der Waals surface area contributed by atoms with Crippen molar-refractivity contribution < 1.29 is 9.59 Å². The maximum atomic E-state index is 12.1. The van der Waals surface area contributed by atoms with Gasteiger partial charge in [0.1, 0.15) is 11.2 Å². The lowest BCUT2D eigenvalue weighted by molar-refractivity contribution is 0.0922. The van der Waals surface area contributed by atoms with E-state index in [1.165, 1.54) is 12.5 Å². The first-order valence-electron chi connectivity index (χ1n) is 7.06. The largest absolute Gasteiger partial charge is 0.348 e. The monoisotopic (exact) mass is 332 g/mol. The number of hydrogen-bond donors (Lipinski definition) is 4. The van der Waals surface area contributed by atoms with Gasteiger partial charge in [-0.15, -0.1) is 12.6 Å². The molecule has 0 aliphatic carbocycles. The van der Waals surface area contributed by atoms with Gasteiger partial charge in [0.15, 0.2) is 5.82 Å². The van der Waals surface area contributed by atoms with Gasteiger partial charge in [-0.3, -0.25) is 14.6 Å². The van der Waals surface area contributed by atoms with Gasteiger partial charge in [-0.2, -0.15) is 0 Å². The third kappa shape index (κ3) is 3.14.